The third-order valence-corrected chi connectivity index (χ3v) is 4.32. The predicted molar refractivity (Wildman–Crippen MR) is 99.5 cm³/mol. The maximum atomic E-state index is 13.4. The molecule has 0 aliphatic heterocycles. The summed E-state index contributed by atoms with van der Waals surface area (Å²) in [4.78, 5) is 12.6. The summed E-state index contributed by atoms with van der Waals surface area (Å²) in [6, 6.07) is 15.5. The summed E-state index contributed by atoms with van der Waals surface area (Å²) in [7, 11) is 0. The molecule has 2 aromatic carbocycles. The van der Waals surface area contributed by atoms with Gasteiger partial charge in [0.2, 0.25) is 0 Å². The molecule has 1 unspecified atom stereocenters. The average molecular weight is 351 g/mol. The molecule has 0 aliphatic carbocycles. The van der Waals surface area contributed by atoms with Crippen LogP contribution in [0.25, 0.3) is 0 Å². The Kier molecular flexibility index (Phi) is 5.16. The van der Waals surface area contributed by atoms with Gasteiger partial charge < -0.3 is 5.32 Å². The van der Waals surface area contributed by atoms with Gasteiger partial charge in [-0.2, -0.15) is 5.10 Å². The highest BCUT2D eigenvalue weighted by molar-refractivity contribution is 5.94. The Labute approximate surface area is 152 Å². The number of halogens is 1. The summed E-state index contributed by atoms with van der Waals surface area (Å²) in [5, 5.41) is 7.38. The third-order valence-electron chi connectivity index (χ3n) is 4.32. The summed E-state index contributed by atoms with van der Waals surface area (Å²) in [6.45, 7) is 6.42. The summed E-state index contributed by atoms with van der Waals surface area (Å²) in [5.41, 5.74) is 4.36. The van der Waals surface area contributed by atoms with E-state index in [2.05, 4.69) is 10.4 Å². The quantitative estimate of drug-likeness (QED) is 0.750. The number of hydrogen-bond acceptors (Lipinski definition) is 2. The Morgan fingerprint density at radius 3 is 2.62 bits per heavy atom. The second-order valence-corrected chi connectivity index (χ2v) is 6.54. The van der Waals surface area contributed by atoms with Crippen LogP contribution in [0.3, 0.4) is 0 Å². The van der Waals surface area contributed by atoms with Crippen molar-refractivity contribution in [2.75, 3.05) is 0 Å². The van der Waals surface area contributed by atoms with Gasteiger partial charge in [0.1, 0.15) is 5.82 Å². The van der Waals surface area contributed by atoms with Crippen molar-refractivity contribution >= 4 is 5.91 Å². The zero-order valence-electron chi connectivity index (χ0n) is 15.2. The van der Waals surface area contributed by atoms with Gasteiger partial charge in [0.25, 0.3) is 5.91 Å². The Morgan fingerprint density at radius 1 is 1.15 bits per heavy atom. The summed E-state index contributed by atoms with van der Waals surface area (Å²) in [5.74, 6) is -0.493. The van der Waals surface area contributed by atoms with Gasteiger partial charge in [0.05, 0.1) is 18.3 Å². The number of nitrogens with one attached hydrogen (secondary N) is 1. The fourth-order valence-electron chi connectivity index (χ4n) is 2.96. The molecule has 0 fully saturated rings. The molecule has 0 spiro atoms. The van der Waals surface area contributed by atoms with Crippen molar-refractivity contribution in [2.45, 2.75) is 33.4 Å². The SMILES string of the molecule is Cc1cc(C)n(Cc2cccc(C(=O)NC(C)c3cccc(F)c3)c2)n1. The average Bonchev–Trinajstić information content (AvgIpc) is 2.92. The molecule has 0 saturated carbocycles. The molecule has 0 radical (unpaired) electrons. The minimum atomic E-state index is -0.310. The Balaban J connectivity index is 1.72. The fraction of sp³-hybridized carbons (Fsp3) is 0.238. The van der Waals surface area contributed by atoms with Crippen LogP contribution >= 0.6 is 0 Å². The highest BCUT2D eigenvalue weighted by atomic mass is 19.1. The third kappa shape index (κ3) is 4.17. The van der Waals surface area contributed by atoms with Crippen LogP contribution < -0.4 is 5.32 Å². The number of hydrogen-bond donors (Lipinski definition) is 1. The fourth-order valence-corrected chi connectivity index (χ4v) is 2.96. The largest absolute Gasteiger partial charge is 0.346 e. The number of benzene rings is 2. The van der Waals surface area contributed by atoms with Gasteiger partial charge >= 0.3 is 0 Å². The maximum Gasteiger partial charge on any atom is 0.251 e. The lowest BCUT2D eigenvalue weighted by atomic mass is 10.1. The second kappa shape index (κ2) is 7.52. The molecule has 0 saturated heterocycles. The highest BCUT2D eigenvalue weighted by Crippen LogP contribution is 2.15. The Hall–Kier alpha value is -2.95. The van der Waals surface area contributed by atoms with Crippen LogP contribution in [0.1, 0.15) is 45.8 Å². The second-order valence-electron chi connectivity index (χ2n) is 6.54. The first-order valence-electron chi connectivity index (χ1n) is 8.58. The topological polar surface area (TPSA) is 46.9 Å². The van der Waals surface area contributed by atoms with Crippen LogP contribution in [0, 0.1) is 19.7 Å². The number of carbonyl (C=O) groups excluding carboxylic acids is 1. The van der Waals surface area contributed by atoms with Gasteiger partial charge in [-0.25, -0.2) is 4.39 Å². The van der Waals surface area contributed by atoms with Gasteiger partial charge in [-0.3, -0.25) is 9.48 Å². The minimum absolute atomic E-state index is 0.183. The molecule has 26 heavy (non-hydrogen) atoms. The smallest absolute Gasteiger partial charge is 0.251 e. The number of nitrogens with zero attached hydrogens (tertiary/aromatic N) is 2. The van der Waals surface area contributed by atoms with Crippen molar-refractivity contribution in [2.24, 2.45) is 0 Å². The minimum Gasteiger partial charge on any atom is -0.346 e. The van der Waals surface area contributed by atoms with E-state index in [1.807, 2.05) is 49.7 Å². The van der Waals surface area contributed by atoms with Crippen LogP contribution in [-0.4, -0.2) is 15.7 Å². The molecule has 1 heterocycles. The molecule has 3 aromatic rings. The van der Waals surface area contributed by atoms with Gasteiger partial charge in [0, 0.05) is 11.3 Å². The van der Waals surface area contributed by atoms with Gasteiger partial charge in [0.15, 0.2) is 0 Å². The van der Waals surface area contributed by atoms with Crippen LogP contribution in [-0.2, 0) is 6.54 Å². The molecule has 0 aliphatic rings. The first kappa shape index (κ1) is 17.9. The van der Waals surface area contributed by atoms with Crippen molar-refractivity contribution in [3.05, 3.63) is 88.5 Å². The first-order chi connectivity index (χ1) is 12.4. The monoisotopic (exact) mass is 351 g/mol. The zero-order chi connectivity index (χ0) is 18.7. The summed E-state index contributed by atoms with van der Waals surface area (Å²) >= 11 is 0. The van der Waals surface area contributed by atoms with Crippen molar-refractivity contribution in [3.8, 4) is 0 Å². The lowest BCUT2D eigenvalue weighted by Gasteiger charge is -2.15. The lowest BCUT2D eigenvalue weighted by Crippen LogP contribution is -2.26. The molecule has 4 nitrogen and oxygen atoms in total. The molecule has 1 amide bonds. The van der Waals surface area contributed by atoms with E-state index in [0.29, 0.717) is 12.1 Å². The number of rotatable bonds is 5. The molecule has 1 aromatic heterocycles. The summed E-state index contributed by atoms with van der Waals surface area (Å²) < 4.78 is 15.3. The number of amides is 1. The van der Waals surface area contributed by atoms with Crippen LogP contribution in [0.2, 0.25) is 0 Å². The van der Waals surface area contributed by atoms with E-state index in [1.165, 1.54) is 12.1 Å². The predicted octanol–water partition coefficient (Wildman–Crippen LogP) is 4.18. The highest BCUT2D eigenvalue weighted by Gasteiger charge is 2.13. The van der Waals surface area contributed by atoms with Gasteiger partial charge in [-0.05, 0) is 62.2 Å². The van der Waals surface area contributed by atoms with Crippen molar-refractivity contribution < 1.29 is 9.18 Å². The molecule has 1 atom stereocenters. The maximum absolute atomic E-state index is 13.4. The van der Waals surface area contributed by atoms with E-state index >= 15 is 0 Å². The van der Waals surface area contributed by atoms with E-state index in [4.69, 9.17) is 0 Å². The Morgan fingerprint density at radius 2 is 1.92 bits per heavy atom. The van der Waals surface area contributed by atoms with Crippen molar-refractivity contribution in [3.63, 3.8) is 0 Å². The van der Waals surface area contributed by atoms with Crippen LogP contribution in [0.5, 0.6) is 0 Å². The van der Waals surface area contributed by atoms with Crippen LogP contribution in [0.4, 0.5) is 4.39 Å². The normalized spacial score (nSPS) is 12.0. The molecular weight excluding hydrogens is 329 g/mol. The molecule has 1 N–H and O–H groups in total. The van der Waals surface area contributed by atoms with E-state index in [-0.39, 0.29) is 17.8 Å². The molecule has 3 rings (SSSR count). The molecule has 0 bridgehead atoms. The van der Waals surface area contributed by atoms with E-state index < -0.39 is 0 Å². The first-order valence-corrected chi connectivity index (χ1v) is 8.58. The lowest BCUT2D eigenvalue weighted by molar-refractivity contribution is 0.0939. The molecular formula is C21H22FN3O. The Bertz CT molecular complexity index is 933. The van der Waals surface area contributed by atoms with Crippen LogP contribution in [0.15, 0.2) is 54.6 Å². The van der Waals surface area contributed by atoms with E-state index in [9.17, 15) is 9.18 Å². The van der Waals surface area contributed by atoms with Crippen molar-refractivity contribution in [1.82, 2.24) is 15.1 Å². The molecule has 5 heteroatoms. The van der Waals surface area contributed by atoms with Gasteiger partial charge in [-0.15, -0.1) is 0 Å². The van der Waals surface area contributed by atoms with Crippen molar-refractivity contribution in [1.29, 1.82) is 0 Å². The summed E-state index contributed by atoms with van der Waals surface area (Å²) in [6.07, 6.45) is 0. The number of aryl methyl sites for hydroxylation is 2. The molecule has 134 valence electrons. The van der Waals surface area contributed by atoms with E-state index in [1.54, 1.807) is 18.2 Å². The van der Waals surface area contributed by atoms with Gasteiger partial charge in [-0.1, -0.05) is 24.3 Å². The standard InChI is InChI=1S/C21H22FN3O/c1-14-10-15(2)25(24-14)13-17-6-4-8-19(11-17)21(26)23-16(3)18-7-5-9-20(22)12-18/h4-12,16H,13H2,1-3H3,(H,23,26). The zero-order valence-corrected chi connectivity index (χ0v) is 15.2. The van der Waals surface area contributed by atoms with E-state index in [0.717, 1.165) is 22.5 Å². The number of carbonyl (C=O) groups is 1. The number of aromatic nitrogens is 2.